The zero-order valence-electron chi connectivity index (χ0n) is 15.8. The number of carbonyl (C=O) groups is 2. The minimum absolute atomic E-state index is 0.146. The first-order chi connectivity index (χ1) is 14.9. The number of urea groups is 1. The molecule has 0 spiro atoms. The van der Waals surface area contributed by atoms with Crippen LogP contribution in [0.15, 0.2) is 60.7 Å². The Hall–Kier alpha value is -3.96. The van der Waals surface area contributed by atoms with Crippen LogP contribution in [0.4, 0.5) is 37.1 Å². The lowest BCUT2D eigenvalue weighted by Gasteiger charge is -2.12. The summed E-state index contributed by atoms with van der Waals surface area (Å²) in [6.45, 7) is 0. The number of hydrogen-bond donors (Lipinski definition) is 2. The van der Waals surface area contributed by atoms with Gasteiger partial charge in [-0.1, -0.05) is 36.4 Å². The van der Waals surface area contributed by atoms with Gasteiger partial charge in [0.1, 0.15) is 0 Å². The van der Waals surface area contributed by atoms with Crippen LogP contribution < -0.4 is 10.6 Å². The summed E-state index contributed by atoms with van der Waals surface area (Å²) < 4.78 is 77.9. The van der Waals surface area contributed by atoms with Crippen molar-refractivity contribution >= 4 is 17.9 Å². The second-order valence-electron chi connectivity index (χ2n) is 6.31. The smallest absolute Gasteiger partial charge is 0.276 e. The van der Waals surface area contributed by atoms with Crippen LogP contribution in [0.5, 0.6) is 0 Å². The van der Waals surface area contributed by atoms with Gasteiger partial charge in [-0.3, -0.25) is 15.4 Å². The Bertz CT molecular complexity index is 1150. The quantitative estimate of drug-likeness (QED) is 0.537. The molecule has 3 aromatic rings. The summed E-state index contributed by atoms with van der Waals surface area (Å²) in [6, 6.07) is 10.4. The van der Waals surface area contributed by atoms with E-state index in [-0.39, 0.29) is 5.69 Å². The van der Waals surface area contributed by atoms with Crippen LogP contribution in [0.1, 0.15) is 21.6 Å². The molecular weight excluding hydrogens is 442 g/mol. The molecule has 0 aliphatic carbocycles. The molecule has 2 N–H and O–H groups in total. The van der Waals surface area contributed by atoms with Gasteiger partial charge in [-0.2, -0.15) is 26.3 Å². The molecule has 0 unspecified atom stereocenters. The normalized spacial score (nSPS) is 11.7. The molecule has 32 heavy (non-hydrogen) atoms. The van der Waals surface area contributed by atoms with E-state index in [1.54, 1.807) is 23.5 Å². The predicted molar refractivity (Wildman–Crippen MR) is 100 cm³/mol. The van der Waals surface area contributed by atoms with E-state index in [1.807, 2.05) is 5.32 Å². The summed E-state index contributed by atoms with van der Waals surface area (Å²) in [7, 11) is 0. The molecule has 0 radical (unpaired) electrons. The second kappa shape index (κ2) is 8.65. The summed E-state index contributed by atoms with van der Waals surface area (Å²) in [5.41, 5.74) is -2.77. The highest BCUT2D eigenvalue weighted by Crippen LogP contribution is 2.31. The van der Waals surface area contributed by atoms with Crippen molar-refractivity contribution in [1.29, 1.82) is 0 Å². The maximum atomic E-state index is 13.2. The van der Waals surface area contributed by atoms with Crippen LogP contribution in [0.3, 0.4) is 0 Å². The molecular formula is C20H12F6N4O2. The lowest BCUT2D eigenvalue weighted by Crippen LogP contribution is -2.35. The molecule has 12 heteroatoms. The van der Waals surface area contributed by atoms with Crippen molar-refractivity contribution in [1.82, 2.24) is 15.3 Å². The van der Waals surface area contributed by atoms with Crippen LogP contribution in [0, 0.1) is 0 Å². The Labute approximate surface area is 176 Å². The Morgan fingerprint density at radius 2 is 1.47 bits per heavy atom. The molecule has 1 heterocycles. The third-order valence-corrected chi connectivity index (χ3v) is 3.99. The number of aromatic nitrogens is 2. The molecule has 0 saturated carbocycles. The van der Waals surface area contributed by atoms with Crippen LogP contribution in [0.25, 0.3) is 11.3 Å². The first-order valence-corrected chi connectivity index (χ1v) is 8.75. The number of hydrogen-bond acceptors (Lipinski definition) is 4. The first-order valence-electron chi connectivity index (χ1n) is 8.75. The number of benzene rings is 2. The number of imide groups is 1. The average Bonchev–Trinajstić information content (AvgIpc) is 2.73. The lowest BCUT2D eigenvalue weighted by molar-refractivity contribution is -0.141. The van der Waals surface area contributed by atoms with Gasteiger partial charge in [0.25, 0.3) is 5.91 Å². The standard InChI is InChI=1S/C20H12F6N4O2/c21-19(22,23)13-8-4-7-12(9-13)16(31)29-18(32)30-17-27-14(11-5-2-1-3-6-11)10-15(28-17)20(24,25)26/h1-10H,(H2,27,28,29,30,31,32). The molecule has 1 aromatic heterocycles. The van der Waals surface area contributed by atoms with Gasteiger partial charge in [0, 0.05) is 11.1 Å². The largest absolute Gasteiger partial charge is 0.433 e. The maximum absolute atomic E-state index is 13.2. The molecule has 0 saturated heterocycles. The Morgan fingerprint density at radius 1 is 0.781 bits per heavy atom. The highest BCUT2D eigenvalue weighted by molar-refractivity contribution is 6.07. The van der Waals surface area contributed by atoms with Crippen molar-refractivity contribution in [2.24, 2.45) is 0 Å². The number of alkyl halides is 6. The van der Waals surface area contributed by atoms with E-state index >= 15 is 0 Å². The molecule has 0 aliphatic heterocycles. The van der Waals surface area contributed by atoms with Gasteiger partial charge in [-0.15, -0.1) is 0 Å². The van der Waals surface area contributed by atoms with E-state index in [2.05, 4.69) is 9.97 Å². The number of carbonyl (C=O) groups excluding carboxylic acids is 2. The van der Waals surface area contributed by atoms with E-state index in [4.69, 9.17) is 0 Å². The van der Waals surface area contributed by atoms with E-state index < -0.39 is 47.1 Å². The van der Waals surface area contributed by atoms with Gasteiger partial charge >= 0.3 is 18.4 Å². The van der Waals surface area contributed by atoms with Crippen LogP contribution in [-0.4, -0.2) is 21.9 Å². The van der Waals surface area contributed by atoms with Crippen LogP contribution in [-0.2, 0) is 12.4 Å². The van der Waals surface area contributed by atoms with E-state index in [0.717, 1.165) is 18.2 Å². The van der Waals surface area contributed by atoms with E-state index in [0.29, 0.717) is 17.7 Å². The topological polar surface area (TPSA) is 84.0 Å². The fourth-order valence-electron chi connectivity index (χ4n) is 2.55. The Morgan fingerprint density at radius 3 is 2.09 bits per heavy atom. The summed E-state index contributed by atoms with van der Waals surface area (Å²) >= 11 is 0. The zero-order valence-corrected chi connectivity index (χ0v) is 15.8. The van der Waals surface area contributed by atoms with Crippen LogP contribution >= 0.6 is 0 Å². The number of rotatable bonds is 3. The Balaban J connectivity index is 1.82. The molecule has 0 aliphatic rings. The number of nitrogens with zero attached hydrogens (tertiary/aromatic N) is 2. The molecule has 3 rings (SSSR count). The molecule has 2 aromatic carbocycles. The van der Waals surface area contributed by atoms with Crippen LogP contribution in [0.2, 0.25) is 0 Å². The van der Waals surface area contributed by atoms with Crippen molar-refractivity contribution < 1.29 is 35.9 Å². The van der Waals surface area contributed by atoms with Gasteiger partial charge in [0.15, 0.2) is 5.69 Å². The molecule has 166 valence electrons. The van der Waals surface area contributed by atoms with E-state index in [9.17, 15) is 35.9 Å². The highest BCUT2D eigenvalue weighted by atomic mass is 19.4. The molecule has 0 fully saturated rings. The Kier molecular flexibility index (Phi) is 6.14. The minimum Gasteiger partial charge on any atom is -0.276 e. The van der Waals surface area contributed by atoms with Crippen molar-refractivity contribution in [3.8, 4) is 11.3 Å². The third kappa shape index (κ3) is 5.59. The molecule has 6 nitrogen and oxygen atoms in total. The number of halogens is 6. The zero-order chi connectivity index (χ0) is 23.5. The number of nitrogens with one attached hydrogen (secondary N) is 2. The minimum atomic E-state index is -4.85. The predicted octanol–water partition coefficient (Wildman–Crippen LogP) is 5.14. The third-order valence-electron chi connectivity index (χ3n) is 3.99. The van der Waals surface area contributed by atoms with Gasteiger partial charge in [0.2, 0.25) is 5.95 Å². The summed E-state index contributed by atoms with van der Waals surface area (Å²) in [4.78, 5) is 31.2. The molecule has 0 bridgehead atoms. The van der Waals surface area contributed by atoms with Gasteiger partial charge in [-0.25, -0.2) is 14.8 Å². The first kappa shape index (κ1) is 22.7. The van der Waals surface area contributed by atoms with Crippen molar-refractivity contribution in [3.05, 3.63) is 77.5 Å². The lowest BCUT2D eigenvalue weighted by atomic mass is 10.1. The van der Waals surface area contributed by atoms with E-state index in [1.165, 1.54) is 12.1 Å². The number of anilines is 1. The maximum Gasteiger partial charge on any atom is 0.433 e. The summed E-state index contributed by atoms with van der Waals surface area (Å²) in [5.74, 6) is -1.96. The summed E-state index contributed by atoms with van der Waals surface area (Å²) in [6.07, 6.45) is -9.56. The molecule has 3 amide bonds. The SMILES string of the molecule is O=C(NC(=O)c1cccc(C(F)(F)F)c1)Nc1nc(-c2ccccc2)cc(C(F)(F)F)n1. The second-order valence-corrected chi connectivity index (χ2v) is 6.31. The van der Waals surface area contributed by atoms with Crippen molar-refractivity contribution in [2.45, 2.75) is 12.4 Å². The molecule has 0 atom stereocenters. The fourth-order valence-corrected chi connectivity index (χ4v) is 2.55. The summed E-state index contributed by atoms with van der Waals surface area (Å²) in [5, 5.41) is 3.62. The average molecular weight is 454 g/mol. The number of amides is 3. The van der Waals surface area contributed by atoms with Gasteiger partial charge < -0.3 is 0 Å². The monoisotopic (exact) mass is 454 g/mol. The van der Waals surface area contributed by atoms with Gasteiger partial charge in [-0.05, 0) is 24.3 Å². The van der Waals surface area contributed by atoms with Crippen molar-refractivity contribution in [2.75, 3.05) is 5.32 Å². The fraction of sp³-hybridized carbons (Fsp3) is 0.100. The highest BCUT2D eigenvalue weighted by Gasteiger charge is 2.34. The van der Waals surface area contributed by atoms with Crippen molar-refractivity contribution in [3.63, 3.8) is 0 Å². The van der Waals surface area contributed by atoms with Gasteiger partial charge in [0.05, 0.1) is 11.3 Å².